The van der Waals surface area contributed by atoms with Crippen LogP contribution in [-0.2, 0) is 5.75 Å². The van der Waals surface area contributed by atoms with Crippen LogP contribution < -0.4 is 0 Å². The Morgan fingerprint density at radius 3 is 3.00 bits per heavy atom. The minimum atomic E-state index is -1.07. The summed E-state index contributed by atoms with van der Waals surface area (Å²) in [6, 6.07) is 3.25. The van der Waals surface area contributed by atoms with E-state index in [0.717, 1.165) is 0 Å². The van der Waals surface area contributed by atoms with Crippen LogP contribution in [0.5, 0.6) is 0 Å². The van der Waals surface area contributed by atoms with Gasteiger partial charge in [0, 0.05) is 17.0 Å². The fourth-order valence-corrected chi connectivity index (χ4v) is 1.77. The summed E-state index contributed by atoms with van der Waals surface area (Å²) in [5.74, 6) is -0.110. The number of carboxylic acid groups (broad SMARTS) is 1. The van der Waals surface area contributed by atoms with Crippen LogP contribution >= 0.6 is 24.2 Å². The van der Waals surface area contributed by atoms with E-state index in [1.54, 1.807) is 22.7 Å². The van der Waals surface area contributed by atoms with Crippen molar-refractivity contribution in [2.45, 2.75) is 5.75 Å². The second kappa shape index (κ2) is 3.75. The van der Waals surface area contributed by atoms with E-state index in [-0.39, 0.29) is 5.69 Å². The second-order valence-electron chi connectivity index (χ2n) is 2.94. The van der Waals surface area contributed by atoms with E-state index in [2.05, 4.69) is 17.6 Å². The molecule has 0 aliphatic heterocycles. The summed E-state index contributed by atoms with van der Waals surface area (Å²) in [4.78, 5) is 14.9. The normalized spacial score (nSPS) is 10.8. The van der Waals surface area contributed by atoms with Gasteiger partial charge < -0.3 is 9.51 Å². The first-order valence-corrected chi connectivity index (χ1v) is 5.15. The van der Waals surface area contributed by atoms with Gasteiger partial charge in [0.05, 0.1) is 5.52 Å². The van der Waals surface area contributed by atoms with E-state index < -0.39 is 5.97 Å². The van der Waals surface area contributed by atoms with Crippen LogP contribution in [0, 0.1) is 0 Å². The number of carboxylic acids is 1. The number of aromatic nitrogens is 2. The molecule has 0 aliphatic rings. The third-order valence-corrected chi connectivity index (χ3v) is 2.54. The van der Waals surface area contributed by atoms with Gasteiger partial charge in [-0.3, -0.25) is 0 Å². The van der Waals surface area contributed by atoms with Crippen LogP contribution in [0.3, 0.4) is 0 Å². The molecule has 0 fully saturated rings. The zero-order valence-corrected chi connectivity index (χ0v) is 9.16. The number of hydrogen-bond donors (Lipinski definition) is 2. The van der Waals surface area contributed by atoms with Gasteiger partial charge in [0.15, 0.2) is 5.69 Å². The number of nitrogens with zero attached hydrogens (tertiary/aromatic N) is 2. The van der Waals surface area contributed by atoms with Crippen molar-refractivity contribution in [3.63, 3.8) is 0 Å². The largest absolute Gasteiger partial charge is 0.476 e. The number of rotatable bonds is 2. The first-order chi connectivity index (χ1) is 7.13. The van der Waals surface area contributed by atoms with E-state index in [4.69, 9.17) is 16.7 Å². The molecule has 0 amide bonds. The Morgan fingerprint density at radius 2 is 2.40 bits per heavy atom. The van der Waals surface area contributed by atoms with Crippen LogP contribution in [0.4, 0.5) is 0 Å². The third kappa shape index (κ3) is 1.68. The van der Waals surface area contributed by atoms with Crippen molar-refractivity contribution < 1.29 is 9.90 Å². The first-order valence-electron chi connectivity index (χ1n) is 4.14. The number of halogens is 1. The average Bonchev–Trinajstić information content (AvgIpc) is 2.55. The van der Waals surface area contributed by atoms with Crippen molar-refractivity contribution in [3.8, 4) is 0 Å². The standard InChI is InChI=1S/C9H7ClN2O2S/c10-5-1-2-12-6(3-5)8(9(13)14)11-7(12)4-15/h1-3,15H,4H2,(H,13,14). The van der Waals surface area contributed by atoms with Crippen molar-refractivity contribution in [2.24, 2.45) is 0 Å². The summed E-state index contributed by atoms with van der Waals surface area (Å²) in [6.07, 6.45) is 1.68. The Balaban J connectivity index is 2.81. The molecular weight excluding hydrogens is 236 g/mol. The Bertz CT molecular complexity index is 538. The summed E-state index contributed by atoms with van der Waals surface area (Å²) < 4.78 is 1.67. The maximum Gasteiger partial charge on any atom is 0.356 e. The minimum Gasteiger partial charge on any atom is -0.476 e. The summed E-state index contributed by atoms with van der Waals surface area (Å²) in [7, 11) is 0. The van der Waals surface area contributed by atoms with Gasteiger partial charge in [0.2, 0.25) is 0 Å². The molecule has 1 N–H and O–H groups in total. The monoisotopic (exact) mass is 242 g/mol. The molecule has 0 spiro atoms. The van der Waals surface area contributed by atoms with Crippen molar-refractivity contribution in [2.75, 3.05) is 0 Å². The van der Waals surface area contributed by atoms with Crippen LogP contribution in [0.25, 0.3) is 5.52 Å². The number of carbonyl (C=O) groups is 1. The van der Waals surface area contributed by atoms with Gasteiger partial charge in [-0.05, 0) is 12.1 Å². The summed E-state index contributed by atoms with van der Waals surface area (Å²) in [5.41, 5.74) is 0.487. The minimum absolute atomic E-state index is 0.00144. The predicted octanol–water partition coefficient (Wildman–Crippen LogP) is 2.12. The average molecular weight is 243 g/mol. The molecule has 15 heavy (non-hydrogen) atoms. The lowest BCUT2D eigenvalue weighted by Gasteiger charge is -1.97. The van der Waals surface area contributed by atoms with E-state index >= 15 is 0 Å². The van der Waals surface area contributed by atoms with E-state index in [0.29, 0.717) is 22.1 Å². The lowest BCUT2D eigenvalue weighted by molar-refractivity contribution is 0.0693. The van der Waals surface area contributed by atoms with Crippen LogP contribution in [0.1, 0.15) is 16.3 Å². The van der Waals surface area contributed by atoms with E-state index in [1.165, 1.54) is 0 Å². The zero-order chi connectivity index (χ0) is 11.0. The Morgan fingerprint density at radius 1 is 1.67 bits per heavy atom. The fraction of sp³-hybridized carbons (Fsp3) is 0.111. The lowest BCUT2D eigenvalue weighted by atomic mass is 10.3. The van der Waals surface area contributed by atoms with Crippen molar-refractivity contribution in [1.82, 2.24) is 9.38 Å². The topological polar surface area (TPSA) is 54.6 Å². The number of aromatic carboxylic acids is 1. The van der Waals surface area contributed by atoms with Crippen molar-refractivity contribution in [1.29, 1.82) is 0 Å². The van der Waals surface area contributed by atoms with Gasteiger partial charge in [0.25, 0.3) is 0 Å². The molecule has 0 aromatic carbocycles. The first kappa shape index (κ1) is 10.3. The van der Waals surface area contributed by atoms with Gasteiger partial charge >= 0.3 is 5.97 Å². The van der Waals surface area contributed by atoms with Gasteiger partial charge in [0.1, 0.15) is 5.82 Å². The molecule has 0 unspecified atom stereocenters. The molecule has 0 saturated carbocycles. The predicted molar refractivity (Wildman–Crippen MR) is 59.9 cm³/mol. The fourth-order valence-electron chi connectivity index (χ4n) is 1.39. The highest BCUT2D eigenvalue weighted by Gasteiger charge is 2.15. The number of pyridine rings is 1. The SMILES string of the molecule is O=C(O)c1nc(CS)n2ccc(Cl)cc12. The molecule has 78 valence electrons. The van der Waals surface area contributed by atoms with Crippen molar-refractivity contribution in [3.05, 3.63) is 34.9 Å². The molecule has 2 aromatic heterocycles. The number of imidazole rings is 1. The Labute approximate surface area is 95.9 Å². The molecular formula is C9H7ClN2O2S. The van der Waals surface area contributed by atoms with Gasteiger partial charge in [-0.25, -0.2) is 9.78 Å². The third-order valence-electron chi connectivity index (χ3n) is 2.02. The smallest absolute Gasteiger partial charge is 0.356 e. The Hall–Kier alpha value is -1.20. The quantitative estimate of drug-likeness (QED) is 0.794. The van der Waals surface area contributed by atoms with Gasteiger partial charge in [-0.2, -0.15) is 12.6 Å². The van der Waals surface area contributed by atoms with Crippen LogP contribution in [0.2, 0.25) is 5.02 Å². The zero-order valence-electron chi connectivity index (χ0n) is 7.51. The molecule has 0 saturated heterocycles. The highest BCUT2D eigenvalue weighted by molar-refractivity contribution is 7.79. The molecule has 0 atom stereocenters. The highest BCUT2D eigenvalue weighted by atomic mass is 35.5. The van der Waals surface area contributed by atoms with Crippen LogP contribution in [0.15, 0.2) is 18.3 Å². The van der Waals surface area contributed by atoms with Crippen LogP contribution in [-0.4, -0.2) is 20.5 Å². The molecule has 2 heterocycles. The van der Waals surface area contributed by atoms with Gasteiger partial charge in [-0.15, -0.1) is 0 Å². The molecule has 6 heteroatoms. The summed E-state index contributed by atoms with van der Waals surface area (Å²) >= 11 is 9.88. The van der Waals surface area contributed by atoms with E-state index in [1.807, 2.05) is 0 Å². The number of fused-ring (bicyclic) bond motifs is 1. The molecule has 0 radical (unpaired) electrons. The maximum atomic E-state index is 10.9. The molecule has 2 rings (SSSR count). The highest BCUT2D eigenvalue weighted by Crippen LogP contribution is 2.19. The maximum absolute atomic E-state index is 10.9. The molecule has 0 aliphatic carbocycles. The van der Waals surface area contributed by atoms with E-state index in [9.17, 15) is 4.79 Å². The van der Waals surface area contributed by atoms with Crippen molar-refractivity contribution >= 4 is 35.7 Å². The Kier molecular flexibility index (Phi) is 2.58. The number of thiol groups is 1. The summed E-state index contributed by atoms with van der Waals surface area (Å²) in [6.45, 7) is 0. The van der Waals surface area contributed by atoms with Gasteiger partial charge in [-0.1, -0.05) is 11.6 Å². The molecule has 2 aromatic rings. The summed E-state index contributed by atoms with van der Waals surface area (Å²) in [5, 5.41) is 9.42. The molecule has 4 nitrogen and oxygen atoms in total. The number of hydrogen-bond acceptors (Lipinski definition) is 3. The second-order valence-corrected chi connectivity index (χ2v) is 3.69. The lowest BCUT2D eigenvalue weighted by Crippen LogP contribution is -1.97. The molecule has 0 bridgehead atoms.